The third-order valence-corrected chi connectivity index (χ3v) is 6.17. The van der Waals surface area contributed by atoms with Gasteiger partial charge in [0.25, 0.3) is 11.8 Å². The van der Waals surface area contributed by atoms with Crippen molar-refractivity contribution in [1.82, 2.24) is 0 Å². The lowest BCUT2D eigenvalue weighted by atomic mass is 9.99. The zero-order valence-electron chi connectivity index (χ0n) is 17.7. The van der Waals surface area contributed by atoms with Crippen LogP contribution in [0.3, 0.4) is 0 Å². The summed E-state index contributed by atoms with van der Waals surface area (Å²) in [5, 5.41) is 0. The fraction of sp³-hybridized carbons (Fsp3) is 0.154. The number of nitrogens with zero attached hydrogens (tertiary/aromatic N) is 2. The zero-order valence-corrected chi connectivity index (χ0v) is 17.7. The van der Waals surface area contributed by atoms with E-state index in [1.807, 2.05) is 61.2 Å². The van der Waals surface area contributed by atoms with Gasteiger partial charge in [0, 0.05) is 18.3 Å². The SMILES string of the molecule is Cc1ccc(C2=C(N3CCc4ccccc43)C(=O)N(c3ccc(F)c(F)c3)C2=O)cc1C. The maximum Gasteiger partial charge on any atom is 0.282 e. The van der Waals surface area contributed by atoms with E-state index >= 15 is 0 Å². The van der Waals surface area contributed by atoms with Crippen molar-refractivity contribution in [2.75, 3.05) is 16.3 Å². The maximum absolute atomic E-state index is 14.0. The summed E-state index contributed by atoms with van der Waals surface area (Å²) in [6.45, 7) is 4.46. The predicted molar refractivity (Wildman–Crippen MR) is 119 cm³/mol. The standard InChI is InChI=1S/C26H20F2N2O2/c1-15-7-8-18(13-16(15)2)23-24(29-12-11-17-5-3-4-6-22(17)29)26(32)30(25(23)31)19-9-10-20(27)21(28)14-19/h3-10,13-14H,11-12H2,1-2H3. The van der Waals surface area contributed by atoms with Crippen molar-refractivity contribution in [3.05, 3.63) is 100 Å². The van der Waals surface area contributed by atoms with Crippen LogP contribution in [0.1, 0.15) is 22.3 Å². The third kappa shape index (κ3) is 3.02. The molecular weight excluding hydrogens is 410 g/mol. The molecule has 0 radical (unpaired) electrons. The first-order chi connectivity index (χ1) is 15.4. The molecule has 2 heterocycles. The van der Waals surface area contributed by atoms with Gasteiger partial charge in [0.2, 0.25) is 0 Å². The average Bonchev–Trinajstić information content (AvgIpc) is 3.30. The number of carbonyl (C=O) groups excluding carboxylic acids is 2. The Hall–Kier alpha value is -3.80. The second kappa shape index (κ2) is 7.41. The van der Waals surface area contributed by atoms with Crippen molar-refractivity contribution in [2.45, 2.75) is 20.3 Å². The maximum atomic E-state index is 14.0. The zero-order chi connectivity index (χ0) is 22.6. The molecule has 0 spiro atoms. The number of benzene rings is 3. The van der Waals surface area contributed by atoms with Crippen molar-refractivity contribution < 1.29 is 18.4 Å². The second-order valence-electron chi connectivity index (χ2n) is 8.10. The number of halogens is 2. The molecule has 0 N–H and O–H groups in total. The molecule has 2 aliphatic heterocycles. The van der Waals surface area contributed by atoms with Gasteiger partial charge in [0.1, 0.15) is 5.70 Å². The van der Waals surface area contributed by atoms with Crippen LogP contribution in [-0.2, 0) is 16.0 Å². The molecule has 6 heteroatoms. The van der Waals surface area contributed by atoms with Gasteiger partial charge >= 0.3 is 0 Å². The van der Waals surface area contributed by atoms with Crippen molar-refractivity contribution in [3.8, 4) is 0 Å². The minimum Gasteiger partial charge on any atom is -0.336 e. The molecule has 3 aromatic rings. The van der Waals surface area contributed by atoms with Crippen LogP contribution in [-0.4, -0.2) is 18.4 Å². The number of aryl methyl sites for hydroxylation is 2. The van der Waals surface area contributed by atoms with Crippen molar-refractivity contribution >= 4 is 28.8 Å². The molecular formula is C26H20F2N2O2. The fourth-order valence-corrected chi connectivity index (χ4v) is 4.35. The summed E-state index contributed by atoms with van der Waals surface area (Å²) in [6, 6.07) is 16.4. The Kier molecular flexibility index (Phi) is 4.66. The Bertz CT molecular complexity index is 1330. The van der Waals surface area contributed by atoms with E-state index in [1.165, 1.54) is 6.07 Å². The molecule has 32 heavy (non-hydrogen) atoms. The Morgan fingerprint density at radius 3 is 2.34 bits per heavy atom. The summed E-state index contributed by atoms with van der Waals surface area (Å²) in [5.74, 6) is -3.26. The first-order valence-corrected chi connectivity index (χ1v) is 10.4. The van der Waals surface area contributed by atoms with Crippen molar-refractivity contribution in [3.63, 3.8) is 0 Å². The van der Waals surface area contributed by atoms with Crippen molar-refractivity contribution in [2.24, 2.45) is 0 Å². The number of amides is 2. The van der Waals surface area contributed by atoms with Gasteiger partial charge in [0.05, 0.1) is 11.3 Å². The number of carbonyl (C=O) groups is 2. The van der Waals surface area contributed by atoms with Crippen LogP contribution in [0.15, 0.2) is 66.4 Å². The van der Waals surface area contributed by atoms with Crippen LogP contribution in [0, 0.1) is 25.5 Å². The van der Waals surface area contributed by atoms with E-state index in [0.29, 0.717) is 12.1 Å². The second-order valence-corrected chi connectivity index (χ2v) is 8.10. The molecule has 2 aliphatic rings. The molecule has 5 rings (SSSR count). The van der Waals surface area contributed by atoms with E-state index < -0.39 is 23.4 Å². The highest BCUT2D eigenvalue weighted by Gasteiger charge is 2.44. The topological polar surface area (TPSA) is 40.6 Å². The Balaban J connectivity index is 1.70. The molecule has 0 aromatic heterocycles. The smallest absolute Gasteiger partial charge is 0.282 e. The summed E-state index contributed by atoms with van der Waals surface area (Å²) in [4.78, 5) is 30.0. The predicted octanol–water partition coefficient (Wildman–Crippen LogP) is 4.93. The number of para-hydroxylation sites is 1. The minimum atomic E-state index is -1.12. The van der Waals surface area contributed by atoms with Crippen LogP contribution in [0.2, 0.25) is 0 Å². The number of anilines is 2. The molecule has 0 saturated heterocycles. The van der Waals surface area contributed by atoms with Crippen LogP contribution < -0.4 is 9.80 Å². The Morgan fingerprint density at radius 1 is 0.812 bits per heavy atom. The molecule has 0 bridgehead atoms. The minimum absolute atomic E-state index is 0.00251. The number of hydrogen-bond acceptors (Lipinski definition) is 3. The van der Waals surface area contributed by atoms with Gasteiger partial charge in [-0.05, 0) is 60.7 Å². The van der Waals surface area contributed by atoms with E-state index in [9.17, 15) is 18.4 Å². The van der Waals surface area contributed by atoms with Gasteiger partial charge in [0.15, 0.2) is 11.6 Å². The fourth-order valence-electron chi connectivity index (χ4n) is 4.35. The summed E-state index contributed by atoms with van der Waals surface area (Å²) >= 11 is 0. The highest BCUT2D eigenvalue weighted by Crippen LogP contribution is 2.40. The van der Waals surface area contributed by atoms with Crippen LogP contribution >= 0.6 is 0 Å². The summed E-state index contributed by atoms with van der Waals surface area (Å²) < 4.78 is 27.5. The van der Waals surface area contributed by atoms with Crippen LogP contribution in [0.25, 0.3) is 5.57 Å². The number of fused-ring (bicyclic) bond motifs is 1. The average molecular weight is 430 g/mol. The van der Waals surface area contributed by atoms with Gasteiger partial charge in [-0.3, -0.25) is 9.59 Å². The van der Waals surface area contributed by atoms with Gasteiger partial charge in [-0.15, -0.1) is 0 Å². The molecule has 160 valence electrons. The summed E-state index contributed by atoms with van der Waals surface area (Å²) in [6.07, 6.45) is 0.743. The largest absolute Gasteiger partial charge is 0.336 e. The van der Waals surface area contributed by atoms with Crippen molar-refractivity contribution in [1.29, 1.82) is 0 Å². The van der Waals surface area contributed by atoms with Gasteiger partial charge in [-0.1, -0.05) is 36.4 Å². The Morgan fingerprint density at radius 2 is 1.59 bits per heavy atom. The highest BCUT2D eigenvalue weighted by molar-refractivity contribution is 6.46. The lowest BCUT2D eigenvalue weighted by molar-refractivity contribution is -0.120. The van der Waals surface area contributed by atoms with Gasteiger partial charge in [-0.25, -0.2) is 13.7 Å². The van der Waals surface area contributed by atoms with E-state index in [4.69, 9.17) is 0 Å². The summed E-state index contributed by atoms with van der Waals surface area (Å²) in [5.41, 5.74) is 5.16. The first kappa shape index (κ1) is 20.1. The number of rotatable bonds is 3. The molecule has 0 fully saturated rings. The van der Waals surface area contributed by atoms with E-state index in [2.05, 4.69) is 0 Å². The lowest BCUT2D eigenvalue weighted by Crippen LogP contribution is -2.35. The highest BCUT2D eigenvalue weighted by atomic mass is 19.2. The molecule has 0 aliphatic carbocycles. The normalized spacial score (nSPS) is 15.8. The lowest BCUT2D eigenvalue weighted by Gasteiger charge is -2.22. The van der Waals surface area contributed by atoms with E-state index in [1.54, 1.807) is 0 Å². The van der Waals surface area contributed by atoms with Gasteiger partial charge in [-0.2, -0.15) is 0 Å². The van der Waals surface area contributed by atoms with Gasteiger partial charge < -0.3 is 4.90 Å². The van der Waals surface area contributed by atoms with E-state index in [0.717, 1.165) is 45.8 Å². The summed E-state index contributed by atoms with van der Waals surface area (Å²) in [7, 11) is 0. The molecule has 0 unspecified atom stereocenters. The molecule has 2 amide bonds. The molecule has 4 nitrogen and oxygen atoms in total. The molecule has 0 atom stereocenters. The quantitative estimate of drug-likeness (QED) is 0.554. The third-order valence-electron chi connectivity index (χ3n) is 6.17. The first-order valence-electron chi connectivity index (χ1n) is 10.4. The van der Waals surface area contributed by atoms with E-state index in [-0.39, 0.29) is 17.0 Å². The number of hydrogen-bond donors (Lipinski definition) is 0. The van der Waals surface area contributed by atoms with Crippen LogP contribution in [0.5, 0.6) is 0 Å². The molecule has 3 aromatic carbocycles. The molecule has 0 saturated carbocycles. The van der Waals surface area contributed by atoms with Crippen LogP contribution in [0.4, 0.5) is 20.2 Å². The monoisotopic (exact) mass is 430 g/mol. The Labute approximate surface area is 184 Å². The number of imide groups is 1.